The van der Waals surface area contributed by atoms with E-state index in [2.05, 4.69) is 36.4 Å². The van der Waals surface area contributed by atoms with Gasteiger partial charge in [-0.05, 0) is 41.0 Å². The lowest BCUT2D eigenvalue weighted by Crippen LogP contribution is -2.34. The molecule has 0 aliphatic heterocycles. The zero-order valence-electron chi connectivity index (χ0n) is 17.2. The first kappa shape index (κ1) is 20.6. The number of aldehydes is 1. The van der Waals surface area contributed by atoms with Crippen LogP contribution < -0.4 is 4.74 Å². The van der Waals surface area contributed by atoms with E-state index in [1.54, 1.807) is 24.3 Å². The summed E-state index contributed by atoms with van der Waals surface area (Å²) in [6.07, 6.45) is 0.820. The minimum absolute atomic E-state index is 0.383. The van der Waals surface area contributed by atoms with E-state index in [1.807, 2.05) is 54.6 Å². The molecule has 0 aliphatic carbocycles. The van der Waals surface area contributed by atoms with Crippen LogP contribution in [0.3, 0.4) is 0 Å². The fourth-order valence-corrected chi connectivity index (χ4v) is 3.77. The van der Waals surface area contributed by atoms with Crippen molar-refractivity contribution in [1.82, 2.24) is 0 Å². The fraction of sp³-hybridized carbons (Fsp3) is 0.107. The highest BCUT2D eigenvalue weighted by atomic mass is 16.5. The first-order valence-corrected chi connectivity index (χ1v) is 10.3. The molecule has 3 nitrogen and oxygen atoms in total. The Morgan fingerprint density at radius 3 is 1.45 bits per heavy atom. The highest BCUT2D eigenvalue weighted by Crippen LogP contribution is 2.40. The van der Waals surface area contributed by atoms with Crippen molar-refractivity contribution in [2.75, 3.05) is 13.2 Å². The van der Waals surface area contributed by atoms with Crippen molar-refractivity contribution in [1.29, 1.82) is 0 Å². The largest absolute Gasteiger partial charge is 0.491 e. The van der Waals surface area contributed by atoms with Gasteiger partial charge in [-0.25, -0.2) is 0 Å². The normalized spacial score (nSPS) is 11.1. The van der Waals surface area contributed by atoms with E-state index in [-0.39, 0.29) is 0 Å². The Morgan fingerprint density at radius 1 is 0.581 bits per heavy atom. The summed E-state index contributed by atoms with van der Waals surface area (Å²) in [5, 5.41) is 0. The zero-order chi connectivity index (χ0) is 21.4. The van der Waals surface area contributed by atoms with Gasteiger partial charge in [0.05, 0.1) is 6.61 Å². The summed E-state index contributed by atoms with van der Waals surface area (Å²) in [5.74, 6) is 0.707. The molecule has 0 atom stereocenters. The Labute approximate surface area is 182 Å². The Hall–Kier alpha value is -3.69. The first-order valence-electron chi connectivity index (χ1n) is 10.3. The number of ether oxygens (including phenoxy) is 2. The highest BCUT2D eigenvalue weighted by Gasteiger charge is 2.37. The molecule has 0 heterocycles. The minimum Gasteiger partial charge on any atom is -0.491 e. The van der Waals surface area contributed by atoms with Gasteiger partial charge in [0.2, 0.25) is 0 Å². The van der Waals surface area contributed by atoms with Crippen LogP contribution in [-0.4, -0.2) is 19.5 Å². The van der Waals surface area contributed by atoms with Crippen LogP contribution in [0.5, 0.6) is 5.75 Å². The summed E-state index contributed by atoms with van der Waals surface area (Å²) in [5.41, 5.74) is 3.04. The molecule has 0 spiro atoms. The molecule has 4 aromatic rings. The van der Waals surface area contributed by atoms with E-state index in [0.29, 0.717) is 24.5 Å². The molecule has 0 N–H and O–H groups in total. The van der Waals surface area contributed by atoms with Gasteiger partial charge in [0, 0.05) is 5.56 Å². The number of rotatable bonds is 9. The average molecular weight is 408 g/mol. The maximum Gasteiger partial charge on any atom is 0.150 e. The summed E-state index contributed by atoms with van der Waals surface area (Å²) in [7, 11) is 0. The number of carbonyl (C=O) groups excluding carboxylic acids is 1. The maximum absolute atomic E-state index is 10.8. The predicted octanol–water partition coefficient (Wildman–Crippen LogP) is 5.89. The fourth-order valence-electron chi connectivity index (χ4n) is 3.77. The van der Waals surface area contributed by atoms with Crippen LogP contribution >= 0.6 is 0 Å². The van der Waals surface area contributed by atoms with Crippen molar-refractivity contribution in [3.8, 4) is 5.75 Å². The molecule has 0 aliphatic rings. The summed E-state index contributed by atoms with van der Waals surface area (Å²) >= 11 is 0. The molecule has 31 heavy (non-hydrogen) atoms. The monoisotopic (exact) mass is 408 g/mol. The molecule has 0 bridgehead atoms. The van der Waals surface area contributed by atoms with Crippen LogP contribution in [-0.2, 0) is 10.3 Å². The molecule has 154 valence electrons. The van der Waals surface area contributed by atoms with Crippen LogP contribution in [0.15, 0.2) is 115 Å². The zero-order valence-corrected chi connectivity index (χ0v) is 17.2. The predicted molar refractivity (Wildman–Crippen MR) is 122 cm³/mol. The maximum atomic E-state index is 10.8. The van der Waals surface area contributed by atoms with E-state index < -0.39 is 5.60 Å². The highest BCUT2D eigenvalue weighted by molar-refractivity contribution is 5.74. The van der Waals surface area contributed by atoms with Gasteiger partial charge in [-0.2, -0.15) is 0 Å². The lowest BCUT2D eigenvalue weighted by molar-refractivity contribution is -0.00240. The van der Waals surface area contributed by atoms with E-state index >= 15 is 0 Å². The second kappa shape index (κ2) is 9.88. The summed E-state index contributed by atoms with van der Waals surface area (Å²) in [6.45, 7) is 0.767. The molecule has 0 amide bonds. The average Bonchev–Trinajstić information content (AvgIpc) is 2.86. The Morgan fingerprint density at radius 2 is 1.03 bits per heavy atom. The lowest BCUT2D eigenvalue weighted by atomic mass is 9.80. The summed E-state index contributed by atoms with van der Waals surface area (Å²) in [4.78, 5) is 10.8. The van der Waals surface area contributed by atoms with Crippen molar-refractivity contribution in [3.63, 3.8) is 0 Å². The van der Waals surface area contributed by atoms with Gasteiger partial charge in [0.15, 0.2) is 0 Å². The topological polar surface area (TPSA) is 35.5 Å². The quantitative estimate of drug-likeness (QED) is 0.197. The number of benzene rings is 4. The molecule has 3 heteroatoms. The van der Waals surface area contributed by atoms with E-state index in [0.717, 1.165) is 23.0 Å². The number of hydrogen-bond donors (Lipinski definition) is 0. The van der Waals surface area contributed by atoms with Gasteiger partial charge in [-0.15, -0.1) is 0 Å². The summed E-state index contributed by atoms with van der Waals surface area (Å²) < 4.78 is 12.5. The van der Waals surface area contributed by atoms with Crippen LogP contribution in [0, 0.1) is 0 Å². The van der Waals surface area contributed by atoms with Crippen molar-refractivity contribution in [2.24, 2.45) is 0 Å². The Kier molecular flexibility index (Phi) is 6.56. The second-order valence-corrected chi connectivity index (χ2v) is 7.16. The SMILES string of the molecule is O=Cc1ccc(OCCOC(c2ccccc2)(c2ccccc2)c2ccccc2)cc1. The first-order chi connectivity index (χ1) is 15.3. The number of hydrogen-bond acceptors (Lipinski definition) is 3. The van der Waals surface area contributed by atoms with Gasteiger partial charge in [0.1, 0.15) is 24.2 Å². The molecular formula is C28H24O3. The van der Waals surface area contributed by atoms with Gasteiger partial charge in [-0.1, -0.05) is 91.0 Å². The minimum atomic E-state index is -0.755. The van der Waals surface area contributed by atoms with Crippen LogP contribution in [0.2, 0.25) is 0 Å². The number of carbonyl (C=O) groups is 1. The van der Waals surface area contributed by atoms with Crippen LogP contribution in [0.4, 0.5) is 0 Å². The van der Waals surface area contributed by atoms with Crippen molar-refractivity contribution in [2.45, 2.75) is 5.60 Å². The van der Waals surface area contributed by atoms with Crippen molar-refractivity contribution < 1.29 is 14.3 Å². The van der Waals surface area contributed by atoms with E-state index in [4.69, 9.17) is 9.47 Å². The Balaban J connectivity index is 1.64. The molecule has 0 saturated heterocycles. The molecule has 4 rings (SSSR count). The Bertz CT molecular complexity index is 979. The van der Waals surface area contributed by atoms with Crippen molar-refractivity contribution >= 4 is 6.29 Å². The van der Waals surface area contributed by atoms with Gasteiger partial charge < -0.3 is 9.47 Å². The van der Waals surface area contributed by atoms with E-state index in [9.17, 15) is 4.79 Å². The third-order valence-corrected chi connectivity index (χ3v) is 5.23. The van der Waals surface area contributed by atoms with Gasteiger partial charge >= 0.3 is 0 Å². The smallest absolute Gasteiger partial charge is 0.150 e. The third-order valence-electron chi connectivity index (χ3n) is 5.23. The molecule has 0 aromatic heterocycles. The lowest BCUT2D eigenvalue weighted by Gasteiger charge is -2.36. The molecule has 0 fully saturated rings. The van der Waals surface area contributed by atoms with E-state index in [1.165, 1.54) is 0 Å². The molecule has 4 aromatic carbocycles. The summed E-state index contributed by atoms with van der Waals surface area (Å²) in [6, 6.07) is 37.9. The second-order valence-electron chi connectivity index (χ2n) is 7.16. The third kappa shape index (κ3) is 4.57. The van der Waals surface area contributed by atoms with Crippen molar-refractivity contribution in [3.05, 3.63) is 138 Å². The standard InChI is InChI=1S/C28H24O3/c29-22-23-16-18-27(19-17-23)30-20-21-31-28(24-10-4-1-5-11-24,25-12-6-2-7-13-25)26-14-8-3-9-15-26/h1-19,22H,20-21H2. The molecule has 0 radical (unpaired) electrons. The van der Waals surface area contributed by atoms with Gasteiger partial charge in [0.25, 0.3) is 0 Å². The van der Waals surface area contributed by atoms with Gasteiger partial charge in [-0.3, -0.25) is 4.79 Å². The van der Waals surface area contributed by atoms with Crippen LogP contribution in [0.25, 0.3) is 0 Å². The molecule has 0 unspecified atom stereocenters. The molecule has 0 saturated carbocycles. The van der Waals surface area contributed by atoms with Crippen LogP contribution in [0.1, 0.15) is 27.0 Å². The molecular weight excluding hydrogens is 384 g/mol.